The maximum Gasteiger partial charge on any atom is 0.137 e. The summed E-state index contributed by atoms with van der Waals surface area (Å²) in [4.78, 5) is 3.61. The molecule has 9 rings (SSSR count). The van der Waals surface area contributed by atoms with Crippen molar-refractivity contribution in [2.45, 2.75) is 6.54 Å². The lowest BCUT2D eigenvalue weighted by Gasteiger charge is -2.30. The minimum absolute atomic E-state index is 0.769. The van der Waals surface area contributed by atoms with Crippen molar-refractivity contribution in [1.82, 2.24) is 5.32 Å². The van der Waals surface area contributed by atoms with E-state index in [9.17, 15) is 0 Å². The zero-order valence-corrected chi connectivity index (χ0v) is 24.1. The van der Waals surface area contributed by atoms with Gasteiger partial charge in [0, 0.05) is 38.6 Å². The number of hydrogen-bond donors (Lipinski definition) is 1. The number of thiophene rings is 1. The van der Waals surface area contributed by atoms with Crippen molar-refractivity contribution in [3.8, 4) is 11.1 Å². The largest absolute Gasteiger partial charge is 0.456 e. The second-order valence-electron chi connectivity index (χ2n) is 11.1. The summed E-state index contributed by atoms with van der Waals surface area (Å²) in [5.74, 6) is 1.05. The monoisotopic (exact) mass is 570 g/mol. The molecular weight excluding hydrogens is 545 g/mol. The molecule has 1 aliphatic heterocycles. The molecule has 1 N–H and O–H groups in total. The van der Waals surface area contributed by atoms with Gasteiger partial charge in [0.05, 0.1) is 5.69 Å². The Balaban J connectivity index is 1.20. The number of rotatable bonds is 4. The fourth-order valence-corrected chi connectivity index (χ4v) is 7.55. The molecule has 3 heterocycles. The predicted molar refractivity (Wildman–Crippen MR) is 182 cm³/mol. The van der Waals surface area contributed by atoms with Crippen LogP contribution in [0.1, 0.15) is 10.4 Å². The molecule has 3 nitrogen and oxygen atoms in total. The summed E-state index contributed by atoms with van der Waals surface area (Å²) < 4.78 is 7.64. The van der Waals surface area contributed by atoms with E-state index in [0.29, 0.717) is 0 Å². The molecule has 0 bridgehead atoms. The van der Waals surface area contributed by atoms with E-state index in [1.165, 1.54) is 42.4 Å². The Kier molecular flexibility index (Phi) is 5.43. The van der Waals surface area contributed by atoms with Crippen LogP contribution in [0.4, 0.5) is 11.4 Å². The number of furan rings is 1. The zero-order valence-electron chi connectivity index (χ0n) is 23.2. The van der Waals surface area contributed by atoms with E-state index < -0.39 is 0 Å². The molecule has 0 atom stereocenters. The maximum atomic E-state index is 6.31. The quantitative estimate of drug-likeness (QED) is 0.228. The van der Waals surface area contributed by atoms with E-state index in [1.807, 2.05) is 23.5 Å². The molecular formula is C39H26N2OS. The highest BCUT2D eigenvalue weighted by atomic mass is 32.1. The van der Waals surface area contributed by atoms with Crippen LogP contribution in [0.5, 0.6) is 0 Å². The lowest BCUT2D eigenvalue weighted by atomic mass is 10.0. The van der Waals surface area contributed by atoms with Gasteiger partial charge in [-0.1, -0.05) is 84.9 Å². The summed E-state index contributed by atoms with van der Waals surface area (Å²) in [6, 6.07) is 47.4. The third-order valence-corrected chi connectivity index (χ3v) is 9.64. The van der Waals surface area contributed by atoms with E-state index in [0.717, 1.165) is 45.7 Å². The van der Waals surface area contributed by atoms with Gasteiger partial charge in [-0.05, 0) is 81.4 Å². The molecule has 6 aromatic carbocycles. The first-order valence-electron chi connectivity index (χ1n) is 14.6. The molecule has 4 heteroatoms. The third kappa shape index (κ3) is 4.03. The Morgan fingerprint density at radius 2 is 1.28 bits per heavy atom. The van der Waals surface area contributed by atoms with Gasteiger partial charge in [-0.25, -0.2) is 0 Å². The highest BCUT2D eigenvalue weighted by molar-refractivity contribution is 7.20. The van der Waals surface area contributed by atoms with E-state index in [2.05, 4.69) is 138 Å². The minimum atomic E-state index is 0.769. The van der Waals surface area contributed by atoms with E-state index >= 15 is 0 Å². The lowest BCUT2D eigenvalue weighted by Crippen LogP contribution is -2.29. The van der Waals surface area contributed by atoms with Crippen LogP contribution < -0.4 is 10.2 Å². The first kappa shape index (κ1) is 24.3. The average Bonchev–Trinajstić information content (AvgIpc) is 3.61. The molecule has 0 unspecified atom stereocenters. The number of nitrogens with zero attached hydrogens (tertiary/aromatic N) is 1. The van der Waals surface area contributed by atoms with Gasteiger partial charge in [0.2, 0.25) is 0 Å². The molecule has 0 saturated carbocycles. The van der Waals surface area contributed by atoms with E-state index in [-0.39, 0.29) is 0 Å². The second kappa shape index (κ2) is 9.62. The summed E-state index contributed by atoms with van der Waals surface area (Å²) in [6.07, 6.45) is 2.31. The number of benzene rings is 6. The molecule has 0 radical (unpaired) electrons. The average molecular weight is 571 g/mol. The zero-order chi connectivity index (χ0) is 28.3. The van der Waals surface area contributed by atoms with Gasteiger partial charge in [-0.3, -0.25) is 4.90 Å². The van der Waals surface area contributed by atoms with Crippen molar-refractivity contribution in [1.29, 1.82) is 0 Å². The SMILES string of the molecule is C1=C(N(c2ccc(-c3ccccc3)cc2)c2ccc3c(c2)oc2ccccc23)NCc2c1sc1cc3ccccc3cc21. The molecule has 43 heavy (non-hydrogen) atoms. The fraction of sp³-hybridized carbons (Fsp3) is 0.0256. The first-order valence-corrected chi connectivity index (χ1v) is 15.4. The Bertz CT molecular complexity index is 2350. The van der Waals surface area contributed by atoms with Crippen LogP contribution in [0.15, 0.2) is 144 Å². The lowest BCUT2D eigenvalue weighted by molar-refractivity contribution is 0.669. The van der Waals surface area contributed by atoms with Gasteiger partial charge in [-0.15, -0.1) is 11.3 Å². The topological polar surface area (TPSA) is 28.4 Å². The van der Waals surface area contributed by atoms with Crippen molar-refractivity contribution in [2.24, 2.45) is 0 Å². The Hall–Kier alpha value is -5.32. The summed E-state index contributed by atoms with van der Waals surface area (Å²) in [5, 5.41) is 9.95. The molecule has 0 saturated heterocycles. The van der Waals surface area contributed by atoms with Gasteiger partial charge in [0.15, 0.2) is 0 Å². The van der Waals surface area contributed by atoms with Gasteiger partial charge in [-0.2, -0.15) is 0 Å². The normalized spacial score (nSPS) is 12.9. The molecule has 204 valence electrons. The number of fused-ring (bicyclic) bond motifs is 7. The van der Waals surface area contributed by atoms with E-state index in [1.54, 1.807) is 0 Å². The van der Waals surface area contributed by atoms with Crippen molar-refractivity contribution in [2.75, 3.05) is 4.90 Å². The standard InChI is InChI=1S/C39H26N2OS/c1-2-8-25(9-3-1)26-14-16-29(17-15-26)41(30-18-19-32-31-12-6-7-13-35(31)42-36(32)22-30)39-23-38-34(24-40-39)33-20-27-10-4-5-11-28(27)21-37(33)43-38/h1-23,40H,24H2. The summed E-state index contributed by atoms with van der Waals surface area (Å²) in [7, 11) is 0. The van der Waals surface area contributed by atoms with Crippen molar-refractivity contribution in [3.05, 3.63) is 150 Å². The van der Waals surface area contributed by atoms with Gasteiger partial charge >= 0.3 is 0 Å². The van der Waals surface area contributed by atoms with Gasteiger partial charge in [0.25, 0.3) is 0 Å². The second-order valence-corrected chi connectivity index (χ2v) is 12.1. The number of anilines is 2. The van der Waals surface area contributed by atoms with Crippen molar-refractivity contribution in [3.63, 3.8) is 0 Å². The predicted octanol–water partition coefficient (Wildman–Crippen LogP) is 10.9. The Labute approximate surface area is 252 Å². The highest BCUT2D eigenvalue weighted by Crippen LogP contribution is 2.41. The van der Waals surface area contributed by atoms with Gasteiger partial charge < -0.3 is 9.73 Å². The molecule has 0 fully saturated rings. The molecule has 0 amide bonds. The van der Waals surface area contributed by atoms with Crippen molar-refractivity contribution < 1.29 is 4.42 Å². The smallest absolute Gasteiger partial charge is 0.137 e. The molecule has 0 spiro atoms. The maximum absolute atomic E-state index is 6.31. The molecule has 2 aromatic heterocycles. The van der Waals surface area contributed by atoms with Crippen LogP contribution in [0.2, 0.25) is 0 Å². The Morgan fingerprint density at radius 3 is 2.14 bits per heavy atom. The van der Waals surface area contributed by atoms with Crippen LogP contribution in [0.3, 0.4) is 0 Å². The number of hydrogen-bond acceptors (Lipinski definition) is 4. The van der Waals surface area contributed by atoms with E-state index in [4.69, 9.17) is 4.42 Å². The number of para-hydroxylation sites is 1. The van der Waals surface area contributed by atoms with Crippen LogP contribution in [0, 0.1) is 0 Å². The summed E-state index contributed by atoms with van der Waals surface area (Å²) in [6.45, 7) is 0.769. The number of nitrogens with one attached hydrogen (secondary N) is 1. The minimum Gasteiger partial charge on any atom is -0.456 e. The molecule has 8 aromatic rings. The summed E-state index contributed by atoms with van der Waals surface area (Å²) >= 11 is 1.87. The Morgan fingerprint density at radius 1 is 0.581 bits per heavy atom. The van der Waals surface area contributed by atoms with Crippen molar-refractivity contribution >= 4 is 71.6 Å². The molecule has 1 aliphatic rings. The van der Waals surface area contributed by atoms with Gasteiger partial charge in [0.1, 0.15) is 17.0 Å². The fourth-order valence-electron chi connectivity index (χ4n) is 6.36. The van der Waals surface area contributed by atoms with Crippen LogP contribution >= 0.6 is 11.3 Å². The first-order chi connectivity index (χ1) is 21.3. The summed E-state index contributed by atoms with van der Waals surface area (Å²) in [5.41, 5.74) is 7.70. The molecule has 0 aliphatic carbocycles. The van der Waals surface area contributed by atoms with Crippen LogP contribution in [-0.4, -0.2) is 0 Å². The van der Waals surface area contributed by atoms with Crippen LogP contribution in [0.25, 0.3) is 60.0 Å². The third-order valence-electron chi connectivity index (χ3n) is 8.50. The highest BCUT2D eigenvalue weighted by Gasteiger charge is 2.23. The van der Waals surface area contributed by atoms with Crippen LogP contribution in [-0.2, 0) is 6.54 Å².